The van der Waals surface area contributed by atoms with Crippen molar-refractivity contribution in [3.05, 3.63) is 28.2 Å². The molecule has 16 heavy (non-hydrogen) atoms. The summed E-state index contributed by atoms with van der Waals surface area (Å²) in [5.74, 6) is -0.00894. The molecule has 0 bridgehead atoms. The predicted molar refractivity (Wildman–Crippen MR) is 67.7 cm³/mol. The van der Waals surface area contributed by atoms with Crippen LogP contribution in [0.3, 0.4) is 0 Å². The third-order valence-electron chi connectivity index (χ3n) is 1.96. The van der Waals surface area contributed by atoms with Gasteiger partial charge in [-0.3, -0.25) is 9.00 Å². The molecule has 0 spiro atoms. The van der Waals surface area contributed by atoms with E-state index < -0.39 is 10.8 Å². The SMILES string of the molecule is CCCC(=O)CS(=O)c1cc(Cl)ccc1Cl. The van der Waals surface area contributed by atoms with Crippen molar-refractivity contribution in [2.45, 2.75) is 24.7 Å². The first kappa shape index (κ1) is 13.7. The van der Waals surface area contributed by atoms with E-state index in [4.69, 9.17) is 23.2 Å². The van der Waals surface area contributed by atoms with Crippen LogP contribution in [-0.2, 0) is 15.6 Å². The van der Waals surface area contributed by atoms with E-state index in [-0.39, 0.29) is 11.5 Å². The highest BCUT2D eigenvalue weighted by Gasteiger charge is 2.13. The first-order valence-electron chi connectivity index (χ1n) is 4.89. The Morgan fingerprint density at radius 3 is 2.69 bits per heavy atom. The third-order valence-corrected chi connectivity index (χ3v) is 4.05. The van der Waals surface area contributed by atoms with Crippen LogP contribution in [0.5, 0.6) is 0 Å². The number of halogens is 2. The lowest BCUT2D eigenvalue weighted by atomic mass is 10.3. The second kappa shape index (κ2) is 6.38. The van der Waals surface area contributed by atoms with E-state index in [1.54, 1.807) is 18.2 Å². The maximum atomic E-state index is 11.9. The molecule has 1 unspecified atom stereocenters. The van der Waals surface area contributed by atoms with Crippen molar-refractivity contribution in [1.29, 1.82) is 0 Å². The van der Waals surface area contributed by atoms with Crippen molar-refractivity contribution in [2.24, 2.45) is 0 Å². The number of hydrogen-bond donors (Lipinski definition) is 0. The van der Waals surface area contributed by atoms with Crippen LogP contribution >= 0.6 is 23.2 Å². The molecular weight excluding hydrogens is 267 g/mol. The van der Waals surface area contributed by atoms with Gasteiger partial charge in [0, 0.05) is 11.4 Å². The fraction of sp³-hybridized carbons (Fsp3) is 0.364. The number of hydrogen-bond acceptors (Lipinski definition) is 2. The second-order valence-corrected chi connectivity index (χ2v) is 5.62. The van der Waals surface area contributed by atoms with Crippen molar-refractivity contribution >= 4 is 39.8 Å². The minimum atomic E-state index is -1.40. The van der Waals surface area contributed by atoms with Crippen LogP contribution in [0.15, 0.2) is 23.1 Å². The Morgan fingerprint density at radius 1 is 1.38 bits per heavy atom. The van der Waals surface area contributed by atoms with Gasteiger partial charge in [-0.1, -0.05) is 30.1 Å². The highest BCUT2D eigenvalue weighted by atomic mass is 35.5. The zero-order valence-electron chi connectivity index (χ0n) is 8.83. The molecule has 5 heteroatoms. The summed E-state index contributed by atoms with van der Waals surface area (Å²) in [6.45, 7) is 1.91. The molecule has 2 nitrogen and oxygen atoms in total. The Labute approximate surface area is 107 Å². The average Bonchev–Trinajstić information content (AvgIpc) is 2.21. The highest BCUT2D eigenvalue weighted by molar-refractivity contribution is 7.86. The molecule has 0 aliphatic carbocycles. The van der Waals surface area contributed by atoms with Gasteiger partial charge < -0.3 is 0 Å². The van der Waals surface area contributed by atoms with Gasteiger partial charge in [-0.05, 0) is 24.6 Å². The molecule has 0 N–H and O–H groups in total. The fourth-order valence-corrected chi connectivity index (χ4v) is 2.98. The summed E-state index contributed by atoms with van der Waals surface area (Å²) in [5.41, 5.74) is 0. The van der Waals surface area contributed by atoms with Gasteiger partial charge in [0.15, 0.2) is 0 Å². The van der Waals surface area contributed by atoms with Crippen molar-refractivity contribution in [3.63, 3.8) is 0 Å². The number of ketones is 1. The quantitative estimate of drug-likeness (QED) is 0.827. The van der Waals surface area contributed by atoms with Crippen molar-refractivity contribution in [3.8, 4) is 0 Å². The maximum Gasteiger partial charge on any atom is 0.145 e. The summed E-state index contributed by atoms with van der Waals surface area (Å²) in [5, 5.41) is 0.850. The first-order chi connectivity index (χ1) is 7.54. The van der Waals surface area contributed by atoms with Gasteiger partial charge in [-0.15, -0.1) is 0 Å². The van der Waals surface area contributed by atoms with Crippen molar-refractivity contribution in [2.75, 3.05) is 5.75 Å². The Hall–Kier alpha value is -0.380. The molecule has 0 aliphatic heterocycles. The fourth-order valence-electron chi connectivity index (χ4n) is 1.23. The summed E-state index contributed by atoms with van der Waals surface area (Å²) in [4.78, 5) is 11.8. The van der Waals surface area contributed by atoms with Gasteiger partial charge in [0.1, 0.15) is 5.78 Å². The molecule has 0 radical (unpaired) electrons. The zero-order valence-corrected chi connectivity index (χ0v) is 11.2. The van der Waals surface area contributed by atoms with Crippen molar-refractivity contribution in [1.82, 2.24) is 0 Å². The maximum absolute atomic E-state index is 11.9. The normalized spacial score (nSPS) is 12.4. The first-order valence-corrected chi connectivity index (χ1v) is 6.97. The minimum absolute atomic E-state index is 0.00784. The molecule has 0 aliphatic rings. The largest absolute Gasteiger partial charge is 0.299 e. The monoisotopic (exact) mass is 278 g/mol. The van der Waals surface area contributed by atoms with Gasteiger partial charge in [0.05, 0.1) is 26.5 Å². The van der Waals surface area contributed by atoms with Crippen molar-refractivity contribution < 1.29 is 9.00 Å². The molecule has 1 atom stereocenters. The topological polar surface area (TPSA) is 34.1 Å². The molecule has 1 aromatic carbocycles. The van der Waals surface area contributed by atoms with E-state index in [1.165, 1.54) is 0 Å². The molecule has 0 heterocycles. The van der Waals surface area contributed by atoms with Gasteiger partial charge in [0.25, 0.3) is 0 Å². The lowest BCUT2D eigenvalue weighted by Crippen LogP contribution is -2.10. The molecule has 88 valence electrons. The number of rotatable bonds is 5. The molecule has 1 rings (SSSR count). The molecule has 0 saturated carbocycles. The van der Waals surface area contributed by atoms with Gasteiger partial charge >= 0.3 is 0 Å². The summed E-state index contributed by atoms with van der Waals surface area (Å²) in [6.07, 6.45) is 1.21. The Bertz CT molecular complexity index is 418. The highest BCUT2D eigenvalue weighted by Crippen LogP contribution is 2.23. The van der Waals surface area contributed by atoms with Crippen LogP contribution in [0.1, 0.15) is 19.8 Å². The average molecular weight is 279 g/mol. The number of carbonyl (C=O) groups is 1. The second-order valence-electron chi connectivity index (χ2n) is 3.35. The predicted octanol–water partition coefficient (Wildman–Crippen LogP) is 3.47. The van der Waals surface area contributed by atoms with E-state index in [0.717, 1.165) is 6.42 Å². The van der Waals surface area contributed by atoms with E-state index >= 15 is 0 Å². The molecule has 0 amide bonds. The molecular formula is C11H12Cl2O2S. The van der Waals surface area contributed by atoms with E-state index in [9.17, 15) is 9.00 Å². The summed E-state index contributed by atoms with van der Waals surface area (Å²) >= 11 is 11.7. The van der Waals surface area contributed by atoms with Gasteiger partial charge in [0.2, 0.25) is 0 Å². The lowest BCUT2D eigenvalue weighted by molar-refractivity contribution is -0.116. The minimum Gasteiger partial charge on any atom is -0.299 e. The summed E-state index contributed by atoms with van der Waals surface area (Å²) < 4.78 is 11.9. The summed E-state index contributed by atoms with van der Waals surface area (Å²) in [6, 6.07) is 4.75. The van der Waals surface area contributed by atoms with E-state index in [2.05, 4.69) is 0 Å². The molecule has 1 aromatic rings. The van der Waals surface area contributed by atoms with Crippen LogP contribution in [0.25, 0.3) is 0 Å². The summed E-state index contributed by atoms with van der Waals surface area (Å²) in [7, 11) is -1.40. The Morgan fingerprint density at radius 2 is 2.06 bits per heavy atom. The third kappa shape index (κ3) is 3.89. The zero-order chi connectivity index (χ0) is 12.1. The number of carbonyl (C=O) groups excluding carboxylic acids is 1. The van der Waals surface area contributed by atoms with Gasteiger partial charge in [-0.25, -0.2) is 0 Å². The Balaban J connectivity index is 2.80. The number of benzene rings is 1. The smallest absolute Gasteiger partial charge is 0.145 e. The van der Waals surface area contributed by atoms with Gasteiger partial charge in [-0.2, -0.15) is 0 Å². The van der Waals surface area contributed by atoms with Crippen LogP contribution in [0, 0.1) is 0 Å². The lowest BCUT2D eigenvalue weighted by Gasteiger charge is -2.04. The molecule has 0 fully saturated rings. The van der Waals surface area contributed by atoms with Crippen LogP contribution in [0.4, 0.5) is 0 Å². The molecule has 0 aromatic heterocycles. The van der Waals surface area contributed by atoms with Crippen LogP contribution in [0.2, 0.25) is 10.0 Å². The molecule has 0 saturated heterocycles. The standard InChI is InChI=1S/C11H12Cl2O2S/c1-2-3-9(14)7-16(15)11-6-8(12)4-5-10(11)13/h4-6H,2-3,7H2,1H3. The van der Waals surface area contributed by atoms with Crippen LogP contribution < -0.4 is 0 Å². The Kier molecular flexibility index (Phi) is 5.46. The van der Waals surface area contributed by atoms with Crippen LogP contribution in [-0.4, -0.2) is 15.7 Å². The van der Waals surface area contributed by atoms with E-state index in [0.29, 0.717) is 21.4 Å². The number of Topliss-reactive ketones (excluding diaryl/α,β-unsaturated/α-hetero) is 1. The van der Waals surface area contributed by atoms with E-state index in [1.807, 2.05) is 6.92 Å².